The second kappa shape index (κ2) is 5.11. The molecule has 1 N–H and O–H groups in total. The van der Waals surface area contributed by atoms with Crippen LogP contribution in [-0.4, -0.2) is 39.8 Å². The Labute approximate surface area is 98.8 Å². The number of hydrogen-bond donors (Lipinski definition) is 1. The van der Waals surface area contributed by atoms with Gasteiger partial charge in [-0.25, -0.2) is 0 Å². The highest BCUT2D eigenvalue weighted by Crippen LogP contribution is 2.17. The highest BCUT2D eigenvalue weighted by atomic mass is 16.5. The van der Waals surface area contributed by atoms with Gasteiger partial charge in [-0.15, -0.1) is 0 Å². The largest absolute Gasteiger partial charge is 0.459 e. The maximum absolute atomic E-state index is 9.02. The van der Waals surface area contributed by atoms with E-state index in [0.717, 1.165) is 0 Å². The van der Waals surface area contributed by atoms with E-state index in [1.54, 1.807) is 18.4 Å². The lowest BCUT2D eigenvalue weighted by molar-refractivity contribution is 0.150. The first-order valence-corrected chi connectivity index (χ1v) is 5.38. The van der Waals surface area contributed by atoms with Crippen LogP contribution in [-0.2, 0) is 6.54 Å². The third kappa shape index (κ3) is 2.72. The average Bonchev–Trinajstić information content (AvgIpc) is 2.97. The van der Waals surface area contributed by atoms with E-state index >= 15 is 0 Å². The van der Waals surface area contributed by atoms with Gasteiger partial charge in [0.05, 0.1) is 19.4 Å². The second-order valence-corrected chi connectivity index (χ2v) is 3.94. The molecule has 17 heavy (non-hydrogen) atoms. The summed E-state index contributed by atoms with van der Waals surface area (Å²) in [6, 6.07) is 3.58. The molecule has 2 aromatic rings. The molecule has 6 nitrogen and oxygen atoms in total. The van der Waals surface area contributed by atoms with Crippen molar-refractivity contribution in [2.24, 2.45) is 0 Å². The molecule has 0 aliphatic carbocycles. The summed E-state index contributed by atoms with van der Waals surface area (Å²) in [5.74, 6) is 1.50. The summed E-state index contributed by atoms with van der Waals surface area (Å²) in [7, 11) is 1.89. The zero-order chi connectivity index (χ0) is 12.3. The number of aromatic nitrogens is 2. The van der Waals surface area contributed by atoms with Gasteiger partial charge in [-0.3, -0.25) is 4.90 Å². The Morgan fingerprint density at radius 3 is 3.00 bits per heavy atom. The van der Waals surface area contributed by atoms with E-state index < -0.39 is 0 Å². The molecular formula is C11H15N3O3. The summed E-state index contributed by atoms with van der Waals surface area (Å²) in [6.45, 7) is 2.54. The summed E-state index contributed by atoms with van der Waals surface area (Å²) < 4.78 is 10.2. The Kier molecular flexibility index (Phi) is 3.55. The van der Waals surface area contributed by atoms with Gasteiger partial charge in [0.2, 0.25) is 0 Å². The molecule has 2 rings (SSSR count). The molecule has 0 aliphatic rings. The van der Waals surface area contributed by atoms with Gasteiger partial charge in [0, 0.05) is 6.04 Å². The summed E-state index contributed by atoms with van der Waals surface area (Å²) >= 11 is 0. The number of nitrogens with zero attached hydrogens (tertiary/aromatic N) is 3. The molecule has 2 heterocycles. The molecule has 0 spiro atoms. The van der Waals surface area contributed by atoms with Gasteiger partial charge < -0.3 is 14.0 Å². The lowest BCUT2D eigenvalue weighted by atomic mass is 10.3. The highest BCUT2D eigenvalue weighted by Gasteiger charge is 2.14. The van der Waals surface area contributed by atoms with E-state index in [1.807, 2.05) is 18.9 Å². The smallest absolute Gasteiger partial charge is 0.293 e. The Morgan fingerprint density at radius 1 is 1.53 bits per heavy atom. The normalized spacial score (nSPS) is 13.2. The maximum Gasteiger partial charge on any atom is 0.293 e. The second-order valence-electron chi connectivity index (χ2n) is 3.94. The maximum atomic E-state index is 9.02. The molecule has 1 atom stereocenters. The van der Waals surface area contributed by atoms with Crippen LogP contribution in [0.5, 0.6) is 0 Å². The van der Waals surface area contributed by atoms with Gasteiger partial charge in [0.15, 0.2) is 11.6 Å². The summed E-state index contributed by atoms with van der Waals surface area (Å²) in [6.07, 6.45) is 1.55. The number of aliphatic hydroxyl groups excluding tert-OH is 1. The lowest BCUT2D eigenvalue weighted by Crippen LogP contribution is -2.31. The quantitative estimate of drug-likeness (QED) is 0.840. The fourth-order valence-electron chi connectivity index (χ4n) is 1.34. The fraction of sp³-hybridized carbons (Fsp3) is 0.455. The Balaban J connectivity index is 2.04. The molecule has 0 fully saturated rings. The first-order valence-electron chi connectivity index (χ1n) is 5.38. The van der Waals surface area contributed by atoms with Crippen LogP contribution in [0.4, 0.5) is 0 Å². The molecule has 92 valence electrons. The van der Waals surface area contributed by atoms with Crippen molar-refractivity contribution in [2.45, 2.75) is 19.5 Å². The Hall–Kier alpha value is -1.66. The number of rotatable bonds is 5. The molecule has 1 unspecified atom stereocenters. The molecule has 0 saturated carbocycles. The highest BCUT2D eigenvalue weighted by molar-refractivity contribution is 5.42. The number of aliphatic hydroxyl groups is 1. The minimum absolute atomic E-state index is 0.0561. The van der Waals surface area contributed by atoms with Crippen molar-refractivity contribution >= 4 is 0 Å². The van der Waals surface area contributed by atoms with Crippen LogP contribution in [0.2, 0.25) is 0 Å². The van der Waals surface area contributed by atoms with Gasteiger partial charge >= 0.3 is 0 Å². The van der Waals surface area contributed by atoms with Crippen LogP contribution in [0.3, 0.4) is 0 Å². The molecule has 0 radical (unpaired) electrons. The average molecular weight is 237 g/mol. The minimum Gasteiger partial charge on any atom is -0.459 e. The van der Waals surface area contributed by atoms with Crippen molar-refractivity contribution in [1.29, 1.82) is 0 Å². The zero-order valence-corrected chi connectivity index (χ0v) is 9.83. The third-order valence-electron chi connectivity index (χ3n) is 2.61. The van der Waals surface area contributed by atoms with E-state index in [2.05, 4.69) is 10.1 Å². The van der Waals surface area contributed by atoms with Crippen molar-refractivity contribution < 1.29 is 14.0 Å². The number of likely N-dealkylation sites (N-methyl/N-ethyl adjacent to an activating group) is 1. The predicted octanol–water partition coefficient (Wildman–Crippen LogP) is 1.14. The lowest BCUT2D eigenvalue weighted by Gasteiger charge is -2.20. The van der Waals surface area contributed by atoms with E-state index in [0.29, 0.717) is 24.0 Å². The standard InChI is InChI=1S/C11H15N3O3/c1-8(7-15)14(2)6-10-12-11(17-13-10)9-4-3-5-16-9/h3-5,8,15H,6-7H2,1-2H3. The Morgan fingerprint density at radius 2 is 2.35 bits per heavy atom. The monoisotopic (exact) mass is 237 g/mol. The van der Waals surface area contributed by atoms with Crippen molar-refractivity contribution in [3.63, 3.8) is 0 Å². The first-order chi connectivity index (χ1) is 8.20. The van der Waals surface area contributed by atoms with Crippen molar-refractivity contribution in [2.75, 3.05) is 13.7 Å². The van der Waals surface area contributed by atoms with Gasteiger partial charge in [-0.05, 0) is 26.1 Å². The predicted molar refractivity (Wildman–Crippen MR) is 60.0 cm³/mol. The molecule has 0 aromatic carbocycles. The molecule has 0 aliphatic heterocycles. The van der Waals surface area contributed by atoms with E-state index in [9.17, 15) is 0 Å². The van der Waals surface area contributed by atoms with Crippen LogP contribution >= 0.6 is 0 Å². The van der Waals surface area contributed by atoms with Gasteiger partial charge in [-0.2, -0.15) is 4.98 Å². The molecular weight excluding hydrogens is 222 g/mol. The van der Waals surface area contributed by atoms with E-state index in [4.69, 9.17) is 14.0 Å². The van der Waals surface area contributed by atoms with Gasteiger partial charge in [0.1, 0.15) is 0 Å². The topological polar surface area (TPSA) is 75.5 Å². The Bertz CT molecular complexity index is 452. The van der Waals surface area contributed by atoms with Gasteiger partial charge in [-0.1, -0.05) is 5.16 Å². The van der Waals surface area contributed by atoms with Crippen molar-refractivity contribution in [3.8, 4) is 11.7 Å². The molecule has 6 heteroatoms. The van der Waals surface area contributed by atoms with E-state index in [1.165, 1.54) is 0 Å². The molecule has 0 bridgehead atoms. The minimum atomic E-state index is 0.0561. The van der Waals surface area contributed by atoms with Crippen molar-refractivity contribution in [1.82, 2.24) is 15.0 Å². The molecule has 2 aromatic heterocycles. The van der Waals surface area contributed by atoms with Crippen LogP contribution in [0.15, 0.2) is 27.3 Å². The van der Waals surface area contributed by atoms with Crippen LogP contribution in [0, 0.1) is 0 Å². The van der Waals surface area contributed by atoms with Crippen LogP contribution < -0.4 is 0 Å². The zero-order valence-electron chi connectivity index (χ0n) is 9.83. The summed E-state index contributed by atoms with van der Waals surface area (Å²) in [4.78, 5) is 6.16. The summed E-state index contributed by atoms with van der Waals surface area (Å²) in [5.41, 5.74) is 0. The SMILES string of the molecule is CC(CO)N(C)Cc1noc(-c2ccco2)n1. The summed E-state index contributed by atoms with van der Waals surface area (Å²) in [5, 5.41) is 12.9. The van der Waals surface area contributed by atoms with E-state index in [-0.39, 0.29) is 12.6 Å². The molecule has 0 amide bonds. The molecule has 0 saturated heterocycles. The van der Waals surface area contributed by atoms with Crippen LogP contribution in [0.25, 0.3) is 11.7 Å². The third-order valence-corrected chi connectivity index (χ3v) is 2.61. The first kappa shape index (κ1) is 11.8. The number of hydrogen-bond acceptors (Lipinski definition) is 6. The number of furan rings is 1. The van der Waals surface area contributed by atoms with Crippen LogP contribution in [0.1, 0.15) is 12.7 Å². The van der Waals surface area contributed by atoms with Gasteiger partial charge in [0.25, 0.3) is 5.89 Å². The van der Waals surface area contributed by atoms with Crippen molar-refractivity contribution in [3.05, 3.63) is 24.2 Å². The fourth-order valence-corrected chi connectivity index (χ4v) is 1.34.